The van der Waals surface area contributed by atoms with E-state index in [2.05, 4.69) is 29.2 Å². The number of aryl methyl sites for hydroxylation is 2. The molecule has 0 atom stereocenters. The molecule has 0 radical (unpaired) electrons. The van der Waals surface area contributed by atoms with E-state index in [-0.39, 0.29) is 11.9 Å². The van der Waals surface area contributed by atoms with E-state index in [1.165, 1.54) is 0 Å². The number of carbonyl (C=O) groups excluding carboxylic acids is 1. The lowest BCUT2D eigenvalue weighted by Crippen LogP contribution is -2.27. The van der Waals surface area contributed by atoms with E-state index in [1.807, 2.05) is 44.8 Å². The van der Waals surface area contributed by atoms with Gasteiger partial charge in [0.1, 0.15) is 11.5 Å². The van der Waals surface area contributed by atoms with Gasteiger partial charge in [-0.3, -0.25) is 4.79 Å². The number of hydrogen-bond donors (Lipinski definition) is 1. The topological polar surface area (TPSA) is 76.2 Å². The van der Waals surface area contributed by atoms with Crippen LogP contribution in [0.1, 0.15) is 48.2 Å². The summed E-state index contributed by atoms with van der Waals surface area (Å²) >= 11 is 0. The Hall–Kier alpha value is -2.67. The van der Waals surface area contributed by atoms with Crippen LogP contribution in [0.25, 0.3) is 22.3 Å². The molecule has 3 heterocycles. The Kier molecular flexibility index (Phi) is 5.84. The maximum absolute atomic E-state index is 12.9. The van der Waals surface area contributed by atoms with Crippen LogP contribution in [-0.2, 0) is 0 Å². The first-order chi connectivity index (χ1) is 13.3. The first-order valence-corrected chi connectivity index (χ1v) is 9.66. The number of nitrogens with one attached hydrogen (secondary N) is 1. The average molecular weight is 383 g/mol. The molecule has 0 spiro atoms. The summed E-state index contributed by atoms with van der Waals surface area (Å²) in [5, 5.41) is 8.26. The quantitative estimate of drug-likeness (QED) is 0.631. The minimum atomic E-state index is -0.103. The highest BCUT2D eigenvalue weighted by atomic mass is 16.3. The lowest BCUT2D eigenvalue weighted by atomic mass is 10.1. The third kappa shape index (κ3) is 4.09. The Bertz CT molecular complexity index is 984. The van der Waals surface area contributed by atoms with Crippen molar-refractivity contribution in [2.45, 2.75) is 40.2 Å². The molecule has 3 rings (SSSR count). The van der Waals surface area contributed by atoms with Gasteiger partial charge in [0.15, 0.2) is 5.65 Å². The summed E-state index contributed by atoms with van der Waals surface area (Å²) in [5.74, 6) is 1.51. The summed E-state index contributed by atoms with van der Waals surface area (Å²) < 4.78 is 7.53. The van der Waals surface area contributed by atoms with Crippen LogP contribution >= 0.6 is 0 Å². The van der Waals surface area contributed by atoms with Crippen molar-refractivity contribution in [3.05, 3.63) is 35.4 Å². The van der Waals surface area contributed by atoms with Crippen molar-refractivity contribution in [2.24, 2.45) is 0 Å². The zero-order valence-corrected chi connectivity index (χ0v) is 17.5. The molecule has 0 aliphatic carbocycles. The number of rotatable bonds is 7. The molecule has 150 valence electrons. The second-order valence-electron chi connectivity index (χ2n) is 7.71. The second kappa shape index (κ2) is 8.14. The maximum Gasteiger partial charge on any atom is 0.252 e. The Labute approximate surface area is 165 Å². The Balaban J connectivity index is 2.02. The molecular weight excluding hydrogens is 354 g/mol. The molecule has 0 bridgehead atoms. The lowest BCUT2D eigenvalue weighted by Gasteiger charge is -2.12. The molecule has 0 fully saturated rings. The largest absolute Gasteiger partial charge is 0.466 e. The smallest absolute Gasteiger partial charge is 0.252 e. The van der Waals surface area contributed by atoms with Crippen molar-refractivity contribution in [3.63, 3.8) is 0 Å². The minimum absolute atomic E-state index is 0.103. The summed E-state index contributed by atoms with van der Waals surface area (Å²) in [5.41, 5.74) is 2.93. The predicted octanol–water partition coefficient (Wildman–Crippen LogP) is 3.57. The van der Waals surface area contributed by atoms with Gasteiger partial charge in [0.05, 0.1) is 22.8 Å². The first-order valence-electron chi connectivity index (χ1n) is 9.66. The zero-order chi connectivity index (χ0) is 20.4. The van der Waals surface area contributed by atoms with E-state index in [0.717, 1.165) is 41.1 Å². The number of nitrogens with zero attached hydrogens (tertiary/aromatic N) is 4. The van der Waals surface area contributed by atoms with Gasteiger partial charge in [-0.2, -0.15) is 5.10 Å². The molecule has 1 amide bonds. The standard InChI is InChI=1S/C21H29N5O2/c1-13(2)26-20-18(12-23-26)17(21(27)22-8-7-9-25(5)6)11-19(24-20)16-10-14(3)28-15(16)4/h10-13H,7-9H2,1-6H3,(H,22,27). The average Bonchev–Trinajstić information content (AvgIpc) is 3.20. The van der Waals surface area contributed by atoms with Crippen molar-refractivity contribution in [1.29, 1.82) is 0 Å². The van der Waals surface area contributed by atoms with Gasteiger partial charge in [-0.15, -0.1) is 0 Å². The van der Waals surface area contributed by atoms with Crippen molar-refractivity contribution in [1.82, 2.24) is 25.0 Å². The van der Waals surface area contributed by atoms with Crippen LogP contribution in [0.15, 0.2) is 22.7 Å². The molecule has 0 aliphatic rings. The highest BCUT2D eigenvalue weighted by Crippen LogP contribution is 2.30. The van der Waals surface area contributed by atoms with Crippen molar-refractivity contribution in [2.75, 3.05) is 27.2 Å². The first kappa shape index (κ1) is 20.1. The van der Waals surface area contributed by atoms with Crippen LogP contribution in [0.3, 0.4) is 0 Å². The normalized spacial score (nSPS) is 11.7. The fourth-order valence-electron chi connectivity index (χ4n) is 3.30. The predicted molar refractivity (Wildman–Crippen MR) is 111 cm³/mol. The minimum Gasteiger partial charge on any atom is -0.466 e. The van der Waals surface area contributed by atoms with Crippen LogP contribution < -0.4 is 5.32 Å². The number of hydrogen-bond acceptors (Lipinski definition) is 5. The van der Waals surface area contributed by atoms with Gasteiger partial charge in [-0.05, 0) is 66.9 Å². The number of amides is 1. The van der Waals surface area contributed by atoms with E-state index >= 15 is 0 Å². The zero-order valence-electron chi connectivity index (χ0n) is 17.5. The molecule has 3 aromatic heterocycles. The van der Waals surface area contributed by atoms with E-state index < -0.39 is 0 Å². The molecule has 0 unspecified atom stereocenters. The van der Waals surface area contributed by atoms with Gasteiger partial charge in [0.25, 0.3) is 5.91 Å². The highest BCUT2D eigenvalue weighted by molar-refractivity contribution is 6.06. The van der Waals surface area contributed by atoms with Crippen molar-refractivity contribution in [3.8, 4) is 11.3 Å². The van der Waals surface area contributed by atoms with Crippen molar-refractivity contribution >= 4 is 16.9 Å². The van der Waals surface area contributed by atoms with E-state index in [0.29, 0.717) is 17.8 Å². The molecule has 1 N–H and O–H groups in total. The second-order valence-corrected chi connectivity index (χ2v) is 7.71. The molecule has 7 nitrogen and oxygen atoms in total. The van der Waals surface area contributed by atoms with Gasteiger partial charge in [-0.1, -0.05) is 0 Å². The summed E-state index contributed by atoms with van der Waals surface area (Å²) in [6.45, 7) is 9.47. The van der Waals surface area contributed by atoms with E-state index in [4.69, 9.17) is 9.40 Å². The number of pyridine rings is 1. The highest BCUT2D eigenvalue weighted by Gasteiger charge is 2.20. The molecule has 0 aromatic carbocycles. The number of furan rings is 1. The van der Waals surface area contributed by atoms with Gasteiger partial charge in [0.2, 0.25) is 0 Å². The van der Waals surface area contributed by atoms with E-state index in [9.17, 15) is 4.79 Å². The Morgan fingerprint density at radius 1 is 1.29 bits per heavy atom. The summed E-state index contributed by atoms with van der Waals surface area (Å²) in [7, 11) is 4.05. The Morgan fingerprint density at radius 3 is 2.64 bits per heavy atom. The number of carbonyl (C=O) groups is 1. The molecule has 0 aliphatic heterocycles. The third-order valence-corrected chi connectivity index (χ3v) is 4.69. The van der Waals surface area contributed by atoms with E-state index in [1.54, 1.807) is 6.20 Å². The van der Waals surface area contributed by atoms with Crippen LogP contribution in [0.5, 0.6) is 0 Å². The summed E-state index contributed by atoms with van der Waals surface area (Å²) in [4.78, 5) is 19.9. The fourth-order valence-corrected chi connectivity index (χ4v) is 3.30. The van der Waals surface area contributed by atoms with Gasteiger partial charge in [-0.25, -0.2) is 9.67 Å². The van der Waals surface area contributed by atoms with Crippen LogP contribution in [0, 0.1) is 13.8 Å². The fraction of sp³-hybridized carbons (Fsp3) is 0.476. The van der Waals surface area contributed by atoms with Gasteiger partial charge < -0.3 is 14.6 Å². The van der Waals surface area contributed by atoms with Crippen LogP contribution in [0.4, 0.5) is 0 Å². The number of fused-ring (bicyclic) bond motifs is 1. The molecule has 0 saturated heterocycles. The monoisotopic (exact) mass is 383 g/mol. The number of aromatic nitrogens is 3. The molecule has 3 aromatic rings. The summed E-state index contributed by atoms with van der Waals surface area (Å²) in [6.07, 6.45) is 2.62. The van der Waals surface area contributed by atoms with Gasteiger partial charge in [0, 0.05) is 18.2 Å². The van der Waals surface area contributed by atoms with Crippen molar-refractivity contribution < 1.29 is 9.21 Å². The molecule has 7 heteroatoms. The molecular formula is C21H29N5O2. The van der Waals surface area contributed by atoms with Crippen LogP contribution in [0.2, 0.25) is 0 Å². The Morgan fingerprint density at radius 2 is 2.04 bits per heavy atom. The molecule has 28 heavy (non-hydrogen) atoms. The van der Waals surface area contributed by atoms with Crippen LogP contribution in [-0.4, -0.2) is 52.8 Å². The van der Waals surface area contributed by atoms with Gasteiger partial charge >= 0.3 is 0 Å². The SMILES string of the molecule is Cc1cc(-c2cc(C(=O)NCCCN(C)C)c3cnn(C(C)C)c3n2)c(C)o1. The maximum atomic E-state index is 12.9. The summed E-state index contributed by atoms with van der Waals surface area (Å²) in [6, 6.07) is 3.94. The lowest BCUT2D eigenvalue weighted by molar-refractivity contribution is 0.0954. The third-order valence-electron chi connectivity index (χ3n) is 4.69. The molecule has 0 saturated carbocycles.